The van der Waals surface area contributed by atoms with E-state index in [-0.39, 0.29) is 24.3 Å². The van der Waals surface area contributed by atoms with Crippen molar-refractivity contribution in [1.29, 1.82) is 0 Å². The van der Waals surface area contributed by atoms with Gasteiger partial charge in [0.2, 0.25) is 11.8 Å². The lowest BCUT2D eigenvalue weighted by atomic mass is 9.89. The summed E-state index contributed by atoms with van der Waals surface area (Å²) in [6.45, 7) is 2.01. The van der Waals surface area contributed by atoms with Gasteiger partial charge in [0, 0.05) is 37.1 Å². The van der Waals surface area contributed by atoms with Gasteiger partial charge in [-0.05, 0) is 43.5 Å². The topological polar surface area (TPSA) is 63.1 Å². The minimum atomic E-state index is -0.410. The number of anilines is 1. The van der Waals surface area contributed by atoms with Crippen LogP contribution >= 0.6 is 0 Å². The fourth-order valence-corrected chi connectivity index (χ4v) is 3.18. The van der Waals surface area contributed by atoms with Crippen LogP contribution in [-0.4, -0.2) is 22.4 Å². The third-order valence-electron chi connectivity index (χ3n) is 4.59. The van der Waals surface area contributed by atoms with Crippen molar-refractivity contribution in [2.45, 2.75) is 38.1 Å². The number of nitrogens with zero attached hydrogens (tertiary/aromatic N) is 1. The van der Waals surface area contributed by atoms with Gasteiger partial charge in [-0.25, -0.2) is 0 Å². The van der Waals surface area contributed by atoms with Crippen molar-refractivity contribution in [3.8, 4) is 0 Å². The van der Waals surface area contributed by atoms with E-state index in [1.54, 1.807) is 0 Å². The number of carbonyl (C=O) groups is 2. The van der Waals surface area contributed by atoms with Crippen molar-refractivity contribution >= 4 is 17.5 Å². The number of rotatable bonds is 5. The van der Waals surface area contributed by atoms with E-state index < -0.39 is 5.92 Å². The lowest BCUT2D eigenvalue weighted by molar-refractivity contribution is -0.126. The number of hydrogen-bond donors (Lipinski definition) is 2. The Hall–Kier alpha value is -2.56. The molecule has 1 aliphatic heterocycles. The number of aryl methyl sites for hydroxylation is 2. The molecule has 5 heteroatoms. The van der Waals surface area contributed by atoms with E-state index in [1.807, 2.05) is 50.5 Å². The summed E-state index contributed by atoms with van der Waals surface area (Å²) in [5.41, 5.74) is 2.88. The summed E-state index contributed by atoms with van der Waals surface area (Å²) in [5, 5.41) is 5.89. The molecule has 3 rings (SSSR count). The van der Waals surface area contributed by atoms with Crippen molar-refractivity contribution in [3.63, 3.8) is 0 Å². The first-order valence-electron chi connectivity index (χ1n) is 8.34. The van der Waals surface area contributed by atoms with Crippen molar-refractivity contribution in [1.82, 2.24) is 9.88 Å². The maximum Gasteiger partial charge on any atom is 0.228 e. The van der Waals surface area contributed by atoms with Crippen LogP contribution in [0, 0.1) is 0 Å². The molecule has 0 saturated heterocycles. The molecule has 0 bridgehead atoms. The van der Waals surface area contributed by atoms with E-state index in [1.165, 1.54) is 5.69 Å². The second-order valence-electron chi connectivity index (χ2n) is 6.45. The first kappa shape index (κ1) is 16.3. The average molecular weight is 325 g/mol. The minimum absolute atomic E-state index is 0.0598. The molecule has 2 aromatic rings. The maximum absolute atomic E-state index is 12.6. The van der Waals surface area contributed by atoms with Crippen LogP contribution in [0.15, 0.2) is 42.6 Å². The van der Waals surface area contributed by atoms with Crippen molar-refractivity contribution in [3.05, 3.63) is 53.9 Å². The highest BCUT2D eigenvalue weighted by atomic mass is 16.2. The van der Waals surface area contributed by atoms with Gasteiger partial charge in [0.25, 0.3) is 0 Å². The highest BCUT2D eigenvalue weighted by Gasteiger charge is 2.30. The summed E-state index contributed by atoms with van der Waals surface area (Å²) in [7, 11) is 2.02. The molecule has 2 N–H and O–H groups in total. The fourth-order valence-electron chi connectivity index (χ4n) is 3.18. The van der Waals surface area contributed by atoms with Gasteiger partial charge >= 0.3 is 0 Å². The van der Waals surface area contributed by atoms with E-state index in [2.05, 4.69) is 21.3 Å². The Morgan fingerprint density at radius 2 is 2.12 bits per heavy atom. The Morgan fingerprint density at radius 1 is 1.33 bits per heavy atom. The van der Waals surface area contributed by atoms with Gasteiger partial charge in [-0.1, -0.05) is 18.2 Å². The molecule has 24 heavy (non-hydrogen) atoms. The molecule has 1 aromatic carbocycles. The number of aromatic nitrogens is 1. The third-order valence-corrected chi connectivity index (χ3v) is 4.59. The molecule has 0 spiro atoms. The number of carbonyl (C=O) groups excluding carboxylic acids is 2. The lowest BCUT2D eigenvalue weighted by Crippen LogP contribution is -2.39. The number of fused-ring (bicyclic) bond motifs is 1. The highest BCUT2D eigenvalue weighted by Crippen LogP contribution is 2.32. The van der Waals surface area contributed by atoms with Crippen LogP contribution in [0.2, 0.25) is 0 Å². The second-order valence-corrected chi connectivity index (χ2v) is 6.45. The Morgan fingerprint density at radius 3 is 2.88 bits per heavy atom. The molecule has 0 aliphatic carbocycles. The minimum Gasteiger partial charge on any atom is -0.354 e. The molecule has 1 aromatic heterocycles. The molecule has 2 atom stereocenters. The quantitative estimate of drug-likeness (QED) is 0.887. The molecular weight excluding hydrogens is 302 g/mol. The second kappa shape index (κ2) is 6.91. The third kappa shape index (κ3) is 3.50. The Labute approximate surface area is 142 Å². The van der Waals surface area contributed by atoms with Crippen LogP contribution in [0.4, 0.5) is 5.69 Å². The Balaban J connectivity index is 1.62. The summed E-state index contributed by atoms with van der Waals surface area (Å²) in [6.07, 6.45) is 4.00. The van der Waals surface area contributed by atoms with E-state index in [4.69, 9.17) is 0 Å². The molecule has 2 heterocycles. The van der Waals surface area contributed by atoms with Gasteiger partial charge in [0.05, 0.1) is 5.92 Å². The van der Waals surface area contributed by atoms with Crippen LogP contribution < -0.4 is 10.6 Å². The largest absolute Gasteiger partial charge is 0.354 e. The van der Waals surface area contributed by atoms with Crippen molar-refractivity contribution in [2.24, 2.45) is 7.05 Å². The first-order chi connectivity index (χ1) is 11.5. The number of para-hydroxylation sites is 1. The Bertz CT molecular complexity index is 751. The van der Waals surface area contributed by atoms with E-state index in [0.29, 0.717) is 0 Å². The zero-order chi connectivity index (χ0) is 17.1. The first-order valence-corrected chi connectivity index (χ1v) is 8.34. The predicted octanol–water partition coefficient (Wildman–Crippen LogP) is 2.59. The maximum atomic E-state index is 12.6. The van der Waals surface area contributed by atoms with Gasteiger partial charge in [-0.3, -0.25) is 9.59 Å². The molecule has 0 radical (unpaired) electrons. The molecule has 1 aliphatic rings. The van der Waals surface area contributed by atoms with Crippen LogP contribution in [0.3, 0.4) is 0 Å². The Kier molecular flexibility index (Phi) is 4.69. The molecular formula is C19H23N3O2. The highest BCUT2D eigenvalue weighted by molar-refractivity contribution is 6.01. The number of hydrogen-bond acceptors (Lipinski definition) is 2. The fraction of sp³-hybridized carbons (Fsp3) is 0.368. The van der Waals surface area contributed by atoms with Crippen LogP contribution in [0.25, 0.3) is 0 Å². The molecule has 2 amide bonds. The molecule has 0 fully saturated rings. The van der Waals surface area contributed by atoms with E-state index in [9.17, 15) is 9.59 Å². The normalized spacial score (nSPS) is 17.8. The molecule has 5 nitrogen and oxygen atoms in total. The van der Waals surface area contributed by atoms with Crippen molar-refractivity contribution < 1.29 is 9.59 Å². The zero-order valence-corrected chi connectivity index (χ0v) is 14.1. The SMILES string of the molecule is C[C@@H](CCc1cccn1C)NC(=O)[C@@H]1CC(=O)Nc2ccccc21. The number of nitrogens with one attached hydrogen (secondary N) is 2. The van der Waals surface area contributed by atoms with Gasteiger partial charge in [-0.2, -0.15) is 0 Å². The monoisotopic (exact) mass is 325 g/mol. The number of benzene rings is 1. The summed E-state index contributed by atoms with van der Waals surface area (Å²) >= 11 is 0. The lowest BCUT2D eigenvalue weighted by Gasteiger charge is -2.26. The van der Waals surface area contributed by atoms with Gasteiger partial charge in [0.1, 0.15) is 0 Å². The van der Waals surface area contributed by atoms with E-state index >= 15 is 0 Å². The van der Waals surface area contributed by atoms with Crippen LogP contribution in [0.1, 0.15) is 36.9 Å². The standard InChI is InChI=1S/C19H23N3O2/c1-13(9-10-14-6-5-11-22(14)2)20-19(24)16-12-18(23)21-17-8-4-3-7-15(16)17/h3-8,11,13,16H,9-10,12H2,1-2H3,(H,20,24)(H,21,23)/t13-,16+/m0/s1. The van der Waals surface area contributed by atoms with Gasteiger partial charge in [-0.15, -0.1) is 0 Å². The van der Waals surface area contributed by atoms with Gasteiger partial charge < -0.3 is 15.2 Å². The summed E-state index contributed by atoms with van der Waals surface area (Å²) in [4.78, 5) is 24.5. The molecule has 0 saturated carbocycles. The van der Waals surface area contributed by atoms with Crippen LogP contribution in [-0.2, 0) is 23.1 Å². The molecule has 126 valence electrons. The summed E-state index contributed by atoms with van der Waals surface area (Å²) < 4.78 is 2.09. The van der Waals surface area contributed by atoms with Gasteiger partial charge in [0.15, 0.2) is 0 Å². The number of amides is 2. The van der Waals surface area contributed by atoms with E-state index in [0.717, 1.165) is 24.1 Å². The smallest absolute Gasteiger partial charge is 0.228 e. The van der Waals surface area contributed by atoms with Crippen LogP contribution in [0.5, 0.6) is 0 Å². The zero-order valence-electron chi connectivity index (χ0n) is 14.1. The molecule has 0 unspecified atom stereocenters. The van der Waals surface area contributed by atoms with Crippen molar-refractivity contribution in [2.75, 3.05) is 5.32 Å². The summed E-state index contributed by atoms with van der Waals surface area (Å²) in [6, 6.07) is 11.7. The average Bonchev–Trinajstić information content (AvgIpc) is 2.97. The predicted molar refractivity (Wildman–Crippen MR) is 93.8 cm³/mol. The summed E-state index contributed by atoms with van der Waals surface area (Å²) in [5.74, 6) is -0.588.